The molecule has 126 valence electrons. The van der Waals surface area contributed by atoms with E-state index in [1.807, 2.05) is 12.1 Å². The number of hydrogen-bond acceptors (Lipinski definition) is 4. The molecule has 2 aliphatic carbocycles. The van der Waals surface area contributed by atoms with Crippen LogP contribution in [0.5, 0.6) is 0 Å². The van der Waals surface area contributed by atoms with Gasteiger partial charge in [-0.25, -0.2) is 4.98 Å². The van der Waals surface area contributed by atoms with Gasteiger partial charge in [0.1, 0.15) is 0 Å². The smallest absolute Gasteiger partial charge is 0.280 e. The number of aliphatic hydroxyl groups excluding tert-OH is 1. The van der Waals surface area contributed by atoms with Crippen LogP contribution in [0.3, 0.4) is 0 Å². The first kappa shape index (κ1) is 15.3. The van der Waals surface area contributed by atoms with Crippen LogP contribution in [0.15, 0.2) is 29.1 Å². The summed E-state index contributed by atoms with van der Waals surface area (Å²) in [5.41, 5.74) is 0.749. The van der Waals surface area contributed by atoms with E-state index in [4.69, 9.17) is 0 Å². The van der Waals surface area contributed by atoms with E-state index in [-0.39, 0.29) is 23.7 Å². The van der Waals surface area contributed by atoms with Crippen LogP contribution in [0.1, 0.15) is 36.2 Å². The third kappa shape index (κ3) is 2.51. The van der Waals surface area contributed by atoms with Crippen LogP contribution in [0.2, 0.25) is 0 Å². The number of aromatic nitrogens is 2. The van der Waals surface area contributed by atoms with Crippen LogP contribution in [0.25, 0.3) is 11.0 Å². The number of rotatable bonds is 2. The minimum atomic E-state index is -0.445. The molecule has 0 spiro atoms. The van der Waals surface area contributed by atoms with Gasteiger partial charge in [-0.3, -0.25) is 9.59 Å². The maximum atomic E-state index is 12.8. The Kier molecular flexibility index (Phi) is 3.64. The fourth-order valence-electron chi connectivity index (χ4n) is 4.38. The number of aromatic amines is 1. The number of fused-ring (bicyclic) bond motifs is 2. The molecule has 4 atom stereocenters. The first-order valence-corrected chi connectivity index (χ1v) is 8.47. The van der Waals surface area contributed by atoms with Crippen molar-refractivity contribution < 1.29 is 9.90 Å². The van der Waals surface area contributed by atoms with E-state index in [2.05, 4.69) is 9.97 Å². The van der Waals surface area contributed by atoms with E-state index in [1.165, 1.54) is 0 Å². The Morgan fingerprint density at radius 2 is 1.88 bits per heavy atom. The van der Waals surface area contributed by atoms with Crippen molar-refractivity contribution in [2.24, 2.45) is 11.8 Å². The van der Waals surface area contributed by atoms with Gasteiger partial charge in [0.05, 0.1) is 17.1 Å². The molecular weight excluding hydrogens is 306 g/mol. The molecule has 6 nitrogen and oxygen atoms in total. The van der Waals surface area contributed by atoms with Crippen molar-refractivity contribution in [2.45, 2.75) is 37.8 Å². The molecule has 0 aliphatic heterocycles. The predicted molar refractivity (Wildman–Crippen MR) is 89.7 cm³/mol. The second-order valence-corrected chi connectivity index (χ2v) is 7.12. The maximum Gasteiger partial charge on any atom is 0.280 e. The molecule has 1 amide bonds. The number of nitrogens with zero attached hydrogens (tertiary/aromatic N) is 2. The molecule has 0 radical (unpaired) electrons. The average molecular weight is 327 g/mol. The lowest BCUT2D eigenvalue weighted by atomic mass is 10.0. The highest BCUT2D eigenvalue weighted by atomic mass is 16.3. The van der Waals surface area contributed by atoms with Gasteiger partial charge in [-0.15, -0.1) is 0 Å². The molecule has 2 saturated carbocycles. The molecule has 4 rings (SSSR count). The van der Waals surface area contributed by atoms with Crippen LogP contribution < -0.4 is 5.56 Å². The van der Waals surface area contributed by atoms with Gasteiger partial charge in [0, 0.05) is 13.1 Å². The molecule has 2 aromatic rings. The van der Waals surface area contributed by atoms with Gasteiger partial charge >= 0.3 is 0 Å². The highest BCUT2D eigenvalue weighted by Gasteiger charge is 2.43. The van der Waals surface area contributed by atoms with Gasteiger partial charge in [0.25, 0.3) is 11.5 Å². The van der Waals surface area contributed by atoms with Crippen molar-refractivity contribution in [2.75, 3.05) is 7.05 Å². The molecule has 24 heavy (non-hydrogen) atoms. The fourth-order valence-corrected chi connectivity index (χ4v) is 4.38. The highest BCUT2D eigenvalue weighted by molar-refractivity contribution is 5.93. The lowest BCUT2D eigenvalue weighted by Gasteiger charge is -2.25. The van der Waals surface area contributed by atoms with Crippen molar-refractivity contribution in [1.82, 2.24) is 14.9 Å². The van der Waals surface area contributed by atoms with Crippen LogP contribution in [-0.4, -0.2) is 45.1 Å². The standard InChI is InChI=1S/C18H21N3O3/c1-21(12-6-10-8-13(22)9-11(10)7-12)18(24)16-17(23)20-15-5-3-2-4-14(15)19-16/h2-5,10-13,22H,6-9H2,1H3,(H,20,23)/t10-,11+,12?,13?. The SMILES string of the molecule is CN(C(=O)c1nc2ccccc2[nH]c1=O)C1C[C@H]2CC(O)C[C@H]2C1. The van der Waals surface area contributed by atoms with Crippen LogP contribution in [0.4, 0.5) is 0 Å². The summed E-state index contributed by atoms with van der Waals surface area (Å²) in [7, 11) is 1.75. The quantitative estimate of drug-likeness (QED) is 0.876. The summed E-state index contributed by atoms with van der Waals surface area (Å²) in [6, 6.07) is 7.32. The van der Waals surface area contributed by atoms with Crippen LogP contribution >= 0.6 is 0 Å². The van der Waals surface area contributed by atoms with Crippen LogP contribution in [-0.2, 0) is 0 Å². The van der Waals surface area contributed by atoms with Gasteiger partial charge in [0.15, 0.2) is 5.69 Å². The van der Waals surface area contributed by atoms with Gasteiger partial charge in [-0.05, 0) is 49.7 Å². The highest BCUT2D eigenvalue weighted by Crippen LogP contribution is 2.45. The zero-order valence-corrected chi connectivity index (χ0v) is 13.6. The van der Waals surface area contributed by atoms with Gasteiger partial charge < -0.3 is 15.0 Å². The number of amides is 1. The van der Waals surface area contributed by atoms with Crippen molar-refractivity contribution in [3.63, 3.8) is 0 Å². The largest absolute Gasteiger partial charge is 0.393 e. The predicted octanol–water partition coefficient (Wildman–Crippen LogP) is 1.54. The molecule has 0 bridgehead atoms. The van der Waals surface area contributed by atoms with Crippen molar-refractivity contribution in [3.05, 3.63) is 40.3 Å². The Bertz CT molecular complexity index is 833. The summed E-state index contributed by atoms with van der Waals surface area (Å²) >= 11 is 0. The second kappa shape index (κ2) is 5.70. The molecule has 6 heteroatoms. The lowest BCUT2D eigenvalue weighted by molar-refractivity contribution is 0.0715. The topological polar surface area (TPSA) is 86.3 Å². The summed E-state index contributed by atoms with van der Waals surface area (Å²) < 4.78 is 0. The van der Waals surface area contributed by atoms with E-state index >= 15 is 0 Å². The minimum absolute atomic E-state index is 0.0479. The first-order chi connectivity index (χ1) is 11.5. The zero-order chi connectivity index (χ0) is 16.8. The number of nitrogens with one attached hydrogen (secondary N) is 1. The van der Waals surface area contributed by atoms with Gasteiger partial charge in [-0.2, -0.15) is 0 Å². The van der Waals surface area contributed by atoms with E-state index in [1.54, 1.807) is 24.1 Å². The average Bonchev–Trinajstić information content (AvgIpc) is 3.10. The minimum Gasteiger partial charge on any atom is -0.393 e. The van der Waals surface area contributed by atoms with E-state index in [0.29, 0.717) is 22.9 Å². The van der Waals surface area contributed by atoms with Crippen molar-refractivity contribution in [3.8, 4) is 0 Å². The van der Waals surface area contributed by atoms with E-state index in [9.17, 15) is 14.7 Å². The van der Waals surface area contributed by atoms with Gasteiger partial charge in [-0.1, -0.05) is 12.1 Å². The summed E-state index contributed by atoms with van der Waals surface area (Å²) in [5.74, 6) is 0.652. The Morgan fingerprint density at radius 3 is 2.58 bits per heavy atom. The Labute approximate surface area is 139 Å². The van der Waals surface area contributed by atoms with E-state index < -0.39 is 5.56 Å². The molecule has 1 aromatic heterocycles. The second-order valence-electron chi connectivity index (χ2n) is 7.12. The summed E-state index contributed by atoms with van der Waals surface area (Å²) in [4.78, 5) is 33.7. The normalized spacial score (nSPS) is 28.9. The molecular formula is C18H21N3O3. The zero-order valence-electron chi connectivity index (χ0n) is 13.6. The van der Waals surface area contributed by atoms with Crippen molar-refractivity contribution >= 4 is 16.9 Å². The monoisotopic (exact) mass is 327 g/mol. The Morgan fingerprint density at radius 1 is 1.21 bits per heavy atom. The summed E-state index contributed by atoms with van der Waals surface area (Å²) in [5, 5.41) is 9.75. The number of H-pyrrole nitrogens is 1. The molecule has 2 aliphatic rings. The molecule has 1 aromatic carbocycles. The number of carbonyl (C=O) groups is 1. The number of para-hydroxylation sites is 2. The van der Waals surface area contributed by atoms with E-state index in [0.717, 1.165) is 25.7 Å². The fraction of sp³-hybridized carbons (Fsp3) is 0.500. The summed E-state index contributed by atoms with van der Waals surface area (Å²) in [6.45, 7) is 0. The number of aliphatic hydroxyl groups is 1. The third-order valence-electron chi connectivity index (χ3n) is 5.64. The summed E-state index contributed by atoms with van der Waals surface area (Å²) in [6.07, 6.45) is 3.27. The molecule has 2 N–H and O–H groups in total. The first-order valence-electron chi connectivity index (χ1n) is 8.47. The Balaban J connectivity index is 1.58. The molecule has 2 fully saturated rings. The number of hydrogen-bond donors (Lipinski definition) is 2. The molecule has 2 unspecified atom stereocenters. The molecule has 0 saturated heterocycles. The number of benzene rings is 1. The van der Waals surface area contributed by atoms with Crippen molar-refractivity contribution in [1.29, 1.82) is 0 Å². The van der Waals surface area contributed by atoms with Gasteiger partial charge in [0.2, 0.25) is 0 Å². The third-order valence-corrected chi connectivity index (χ3v) is 5.64. The lowest BCUT2D eigenvalue weighted by Crippen LogP contribution is -2.39. The Hall–Kier alpha value is -2.21. The molecule has 1 heterocycles. The number of carbonyl (C=O) groups excluding carboxylic acids is 1. The van der Waals surface area contributed by atoms with Crippen LogP contribution in [0, 0.1) is 11.8 Å². The maximum absolute atomic E-state index is 12.8.